The summed E-state index contributed by atoms with van der Waals surface area (Å²) in [6, 6.07) is 0. The van der Waals surface area contributed by atoms with Gasteiger partial charge in [0.1, 0.15) is 12.3 Å². The molecule has 1 aliphatic rings. The molecule has 0 aromatic rings. The molecule has 1 saturated carbocycles. The van der Waals surface area contributed by atoms with Crippen LogP contribution in [0.4, 0.5) is 8.78 Å². The number of hydrogen-bond acceptors (Lipinski definition) is 0. The first-order valence-corrected chi connectivity index (χ1v) is 3.16. The first-order chi connectivity index (χ1) is 4.22. The van der Waals surface area contributed by atoms with Crippen molar-refractivity contribution in [3.8, 4) is 0 Å². The topological polar surface area (TPSA) is 19.9 Å². The largest absolute Gasteiger partial charge is 0.244 e. The summed E-state index contributed by atoms with van der Waals surface area (Å²) in [6.45, 7) is 0. The maximum Gasteiger partial charge on any atom is 0.160 e. The van der Waals surface area contributed by atoms with Crippen molar-refractivity contribution in [2.75, 3.05) is 0 Å². The summed E-state index contributed by atoms with van der Waals surface area (Å²) in [4.78, 5) is 0. The highest BCUT2D eigenvalue weighted by Gasteiger charge is 2.32. The van der Waals surface area contributed by atoms with Gasteiger partial charge >= 0.3 is 0 Å². The maximum atomic E-state index is 12.3. The fourth-order valence-corrected chi connectivity index (χ4v) is 1.07. The Morgan fingerprint density at radius 1 is 1.22 bits per heavy atom. The summed E-state index contributed by atoms with van der Waals surface area (Å²) in [7, 11) is 0. The second-order valence-electron chi connectivity index (χ2n) is 2.43. The van der Waals surface area contributed by atoms with Crippen LogP contribution < -0.4 is 0 Å². The zero-order valence-electron chi connectivity index (χ0n) is 5.02. The molecular formula is C6H9F2O. The highest BCUT2D eigenvalue weighted by Crippen LogP contribution is 2.24. The molecule has 0 aromatic carbocycles. The van der Waals surface area contributed by atoms with Crippen molar-refractivity contribution in [3.05, 3.63) is 0 Å². The molecule has 3 unspecified atom stereocenters. The van der Waals surface area contributed by atoms with E-state index in [0.717, 1.165) is 0 Å². The van der Waals surface area contributed by atoms with Gasteiger partial charge in [0, 0.05) is 0 Å². The van der Waals surface area contributed by atoms with E-state index in [9.17, 15) is 13.9 Å². The molecule has 0 amide bonds. The van der Waals surface area contributed by atoms with E-state index in [1.807, 2.05) is 0 Å². The molecule has 9 heavy (non-hydrogen) atoms. The summed E-state index contributed by atoms with van der Waals surface area (Å²) < 4.78 is 24.5. The van der Waals surface area contributed by atoms with Gasteiger partial charge in [-0.3, -0.25) is 0 Å². The number of alkyl halides is 2. The SMILES string of the molecule is [O]C1CCCC(F)C1F. The number of hydrogen-bond donors (Lipinski definition) is 0. The molecule has 0 N–H and O–H groups in total. The lowest BCUT2D eigenvalue weighted by Crippen LogP contribution is -2.34. The highest BCUT2D eigenvalue weighted by molar-refractivity contribution is 4.80. The smallest absolute Gasteiger partial charge is 0.160 e. The summed E-state index contributed by atoms with van der Waals surface area (Å²) in [5, 5.41) is 10.5. The fourth-order valence-electron chi connectivity index (χ4n) is 1.07. The van der Waals surface area contributed by atoms with Crippen molar-refractivity contribution in [2.24, 2.45) is 0 Å². The molecule has 3 heteroatoms. The van der Waals surface area contributed by atoms with Crippen molar-refractivity contribution < 1.29 is 13.9 Å². The van der Waals surface area contributed by atoms with Crippen LogP contribution in [-0.2, 0) is 5.11 Å². The highest BCUT2D eigenvalue weighted by atomic mass is 19.2. The van der Waals surface area contributed by atoms with Crippen molar-refractivity contribution in [1.29, 1.82) is 0 Å². The first-order valence-electron chi connectivity index (χ1n) is 3.16. The van der Waals surface area contributed by atoms with Crippen LogP contribution in [0, 0.1) is 0 Å². The molecule has 0 spiro atoms. The molecule has 1 rings (SSSR count). The van der Waals surface area contributed by atoms with Gasteiger partial charge in [0.15, 0.2) is 6.17 Å². The molecule has 0 saturated heterocycles. The van der Waals surface area contributed by atoms with E-state index in [-0.39, 0.29) is 6.42 Å². The lowest BCUT2D eigenvalue weighted by Gasteiger charge is -2.22. The van der Waals surface area contributed by atoms with Gasteiger partial charge in [0.2, 0.25) is 0 Å². The minimum atomic E-state index is -1.75. The van der Waals surface area contributed by atoms with Gasteiger partial charge < -0.3 is 0 Å². The van der Waals surface area contributed by atoms with Crippen LogP contribution in [0.2, 0.25) is 0 Å². The average Bonchev–Trinajstić information content (AvgIpc) is 1.83. The van der Waals surface area contributed by atoms with Crippen molar-refractivity contribution in [2.45, 2.75) is 37.7 Å². The second kappa shape index (κ2) is 2.60. The van der Waals surface area contributed by atoms with Crippen LogP contribution in [0.3, 0.4) is 0 Å². The minimum Gasteiger partial charge on any atom is -0.244 e. The molecule has 0 aromatic heterocycles. The third-order valence-electron chi connectivity index (χ3n) is 1.67. The molecule has 0 heterocycles. The van der Waals surface area contributed by atoms with Crippen LogP contribution in [0.15, 0.2) is 0 Å². The summed E-state index contributed by atoms with van der Waals surface area (Å²) >= 11 is 0. The van der Waals surface area contributed by atoms with E-state index in [1.54, 1.807) is 0 Å². The standard InChI is InChI=1S/C6H9F2O/c7-4-2-1-3-5(9)6(4)8/h4-6H,1-3H2. The lowest BCUT2D eigenvalue weighted by molar-refractivity contribution is -0.0454. The molecule has 53 valence electrons. The molecular weight excluding hydrogens is 126 g/mol. The molecule has 1 nitrogen and oxygen atoms in total. The predicted molar refractivity (Wildman–Crippen MR) is 28.1 cm³/mol. The molecule has 0 aliphatic heterocycles. The van der Waals surface area contributed by atoms with Gasteiger partial charge in [0.05, 0.1) is 0 Å². The first kappa shape index (κ1) is 6.93. The summed E-state index contributed by atoms with van der Waals surface area (Å²) in [5.74, 6) is 0. The van der Waals surface area contributed by atoms with E-state index in [0.29, 0.717) is 12.8 Å². The van der Waals surface area contributed by atoms with Crippen LogP contribution >= 0.6 is 0 Å². The Kier molecular flexibility index (Phi) is 2.01. The molecule has 1 radical (unpaired) electrons. The maximum absolute atomic E-state index is 12.3. The normalized spacial score (nSPS) is 45.0. The molecule has 1 aliphatic carbocycles. The van der Waals surface area contributed by atoms with Gasteiger partial charge in [-0.1, -0.05) is 0 Å². The fraction of sp³-hybridized carbons (Fsp3) is 1.00. The molecule has 3 atom stereocenters. The zero-order valence-corrected chi connectivity index (χ0v) is 5.02. The van der Waals surface area contributed by atoms with E-state index in [2.05, 4.69) is 0 Å². The summed E-state index contributed by atoms with van der Waals surface area (Å²) in [5.41, 5.74) is 0. The van der Waals surface area contributed by atoms with Gasteiger partial charge in [-0.05, 0) is 19.3 Å². The monoisotopic (exact) mass is 135 g/mol. The predicted octanol–water partition coefficient (Wildman–Crippen LogP) is 1.65. The summed E-state index contributed by atoms with van der Waals surface area (Å²) in [6.07, 6.45) is -3.51. The molecule has 1 fully saturated rings. The van der Waals surface area contributed by atoms with Crippen molar-refractivity contribution in [3.63, 3.8) is 0 Å². The Morgan fingerprint density at radius 3 is 2.33 bits per heavy atom. The van der Waals surface area contributed by atoms with E-state index >= 15 is 0 Å². The van der Waals surface area contributed by atoms with E-state index in [4.69, 9.17) is 0 Å². The minimum absolute atomic E-state index is 0.222. The number of rotatable bonds is 0. The van der Waals surface area contributed by atoms with Crippen molar-refractivity contribution in [1.82, 2.24) is 0 Å². The van der Waals surface area contributed by atoms with Gasteiger partial charge in [-0.15, -0.1) is 0 Å². The third kappa shape index (κ3) is 1.39. The van der Waals surface area contributed by atoms with Crippen LogP contribution in [0.5, 0.6) is 0 Å². The Balaban J connectivity index is 2.41. The number of halogens is 2. The van der Waals surface area contributed by atoms with Crippen LogP contribution in [0.25, 0.3) is 0 Å². The second-order valence-corrected chi connectivity index (χ2v) is 2.43. The van der Waals surface area contributed by atoms with Crippen LogP contribution in [0.1, 0.15) is 19.3 Å². The zero-order chi connectivity index (χ0) is 6.85. The average molecular weight is 135 g/mol. The Labute approximate surface area is 52.7 Å². The molecule has 0 bridgehead atoms. The Morgan fingerprint density at radius 2 is 1.89 bits per heavy atom. The van der Waals surface area contributed by atoms with Gasteiger partial charge in [-0.2, -0.15) is 0 Å². The lowest BCUT2D eigenvalue weighted by atomic mass is 9.94. The van der Waals surface area contributed by atoms with E-state index in [1.165, 1.54) is 0 Å². The Bertz CT molecular complexity index is 87.1. The quantitative estimate of drug-likeness (QED) is 0.481. The van der Waals surface area contributed by atoms with Gasteiger partial charge in [-0.25, -0.2) is 13.9 Å². The van der Waals surface area contributed by atoms with Gasteiger partial charge in [0.25, 0.3) is 0 Å². The van der Waals surface area contributed by atoms with Crippen LogP contribution in [-0.4, -0.2) is 18.4 Å². The van der Waals surface area contributed by atoms with Crippen molar-refractivity contribution >= 4 is 0 Å². The Hall–Kier alpha value is -0.180. The van der Waals surface area contributed by atoms with E-state index < -0.39 is 18.4 Å². The third-order valence-corrected chi connectivity index (χ3v) is 1.67.